The van der Waals surface area contributed by atoms with Crippen molar-refractivity contribution in [2.45, 2.75) is 19.3 Å². The van der Waals surface area contributed by atoms with Crippen molar-refractivity contribution in [3.63, 3.8) is 0 Å². The van der Waals surface area contributed by atoms with Gasteiger partial charge in [-0.1, -0.05) is 35.0 Å². The normalized spacial score (nSPS) is 11.3. The molecule has 1 N–H and O–H groups in total. The highest BCUT2D eigenvalue weighted by Gasteiger charge is 2.28. The average molecular weight is 431 g/mol. The Morgan fingerprint density at radius 2 is 1.35 bits per heavy atom. The summed E-state index contributed by atoms with van der Waals surface area (Å²) in [5.41, 5.74) is 0.0994. The van der Waals surface area contributed by atoms with Gasteiger partial charge in [0, 0.05) is 33.5 Å². The Balaban J connectivity index is 2.20. The van der Waals surface area contributed by atoms with Crippen LogP contribution in [-0.4, -0.2) is 21.7 Å². The Bertz CT molecular complexity index is 773. The average Bonchev–Trinajstić information content (AvgIpc) is 2.60. The summed E-state index contributed by atoms with van der Waals surface area (Å²) in [5, 5.41) is 10.8. The smallest absolute Gasteiger partial charge is 0.303 e. The lowest BCUT2D eigenvalue weighted by atomic mass is 10.2. The van der Waals surface area contributed by atoms with E-state index in [2.05, 4.69) is 0 Å². The predicted molar refractivity (Wildman–Crippen MR) is 109 cm³/mol. The van der Waals surface area contributed by atoms with Crippen LogP contribution in [0.3, 0.4) is 0 Å². The van der Waals surface area contributed by atoms with Crippen molar-refractivity contribution in [3.8, 4) is 0 Å². The Kier molecular flexibility index (Phi) is 7.78. The molecule has 0 spiro atoms. The minimum atomic E-state index is -3.06. The number of benzene rings is 2. The van der Waals surface area contributed by atoms with Gasteiger partial charge >= 0.3 is 5.97 Å². The Morgan fingerprint density at radius 3 is 1.77 bits per heavy atom. The summed E-state index contributed by atoms with van der Waals surface area (Å²) in [4.78, 5) is 22.6. The molecule has 0 saturated heterocycles. The molecule has 0 fully saturated rings. The maximum Gasteiger partial charge on any atom is 0.303 e. The van der Waals surface area contributed by atoms with Gasteiger partial charge in [0.15, 0.2) is 12.3 Å². The van der Waals surface area contributed by atoms with Crippen LogP contribution in [0.2, 0.25) is 10.0 Å². The number of hydrogen-bond donors (Lipinski definition) is 1. The molecular weight excluding hydrogens is 414 g/mol. The Labute approximate surface area is 166 Å². The first-order valence-corrected chi connectivity index (χ1v) is 11.4. The molecule has 0 aliphatic carbocycles. The molecule has 2 aromatic rings. The number of carbonyl (C=O) groups excluding carboxylic acids is 1. The SMILES string of the molecule is O=C(O)CCCC(=O)SCP(=O)(c1ccc(Cl)cc1)c1ccc(Cl)cc1. The van der Waals surface area contributed by atoms with Crippen LogP contribution in [-0.2, 0) is 14.2 Å². The highest BCUT2D eigenvalue weighted by atomic mass is 35.5. The van der Waals surface area contributed by atoms with Crippen molar-refractivity contribution in [3.05, 3.63) is 58.6 Å². The van der Waals surface area contributed by atoms with Crippen LogP contribution in [0.15, 0.2) is 48.5 Å². The molecular formula is C18H17Cl2O4PS. The number of carboxylic acids is 1. The summed E-state index contributed by atoms with van der Waals surface area (Å²) in [7, 11) is -3.06. The standard InChI is InChI=1S/C18H17Cl2O4PS/c19-13-4-8-15(9-5-13)25(24,16-10-6-14(20)7-11-16)12-26-18(23)3-1-2-17(21)22/h4-11H,1-3,12H2,(H,21,22). The lowest BCUT2D eigenvalue weighted by Crippen LogP contribution is -2.18. The van der Waals surface area contributed by atoms with Gasteiger partial charge in [0.2, 0.25) is 0 Å². The maximum atomic E-state index is 13.8. The highest BCUT2D eigenvalue weighted by molar-refractivity contribution is 8.19. The van der Waals surface area contributed by atoms with Crippen LogP contribution >= 0.6 is 42.1 Å². The van der Waals surface area contributed by atoms with E-state index in [0.717, 1.165) is 11.8 Å². The van der Waals surface area contributed by atoms with E-state index in [1.54, 1.807) is 48.5 Å². The van der Waals surface area contributed by atoms with Crippen molar-refractivity contribution in [2.24, 2.45) is 0 Å². The summed E-state index contributed by atoms with van der Waals surface area (Å²) in [6.07, 6.45) is 0.351. The van der Waals surface area contributed by atoms with Crippen molar-refractivity contribution in [1.29, 1.82) is 0 Å². The zero-order valence-electron chi connectivity index (χ0n) is 13.7. The predicted octanol–water partition coefficient (Wildman–Crippen LogP) is 4.78. The molecule has 0 heterocycles. The molecule has 138 valence electrons. The van der Waals surface area contributed by atoms with Crippen LogP contribution in [0.1, 0.15) is 19.3 Å². The van der Waals surface area contributed by atoms with Crippen molar-refractivity contribution >= 4 is 63.8 Å². The molecule has 0 aromatic heterocycles. The first-order valence-electron chi connectivity index (χ1n) is 7.80. The van der Waals surface area contributed by atoms with Crippen molar-refractivity contribution in [1.82, 2.24) is 0 Å². The highest BCUT2D eigenvalue weighted by Crippen LogP contribution is 2.47. The van der Waals surface area contributed by atoms with E-state index in [9.17, 15) is 14.2 Å². The summed E-state index contributed by atoms with van der Waals surface area (Å²) >= 11 is 12.8. The van der Waals surface area contributed by atoms with Gasteiger partial charge in [0.1, 0.15) is 0 Å². The lowest BCUT2D eigenvalue weighted by molar-refractivity contribution is -0.137. The molecule has 0 amide bonds. The van der Waals surface area contributed by atoms with Gasteiger partial charge in [-0.3, -0.25) is 9.59 Å². The fourth-order valence-electron chi connectivity index (χ4n) is 2.28. The van der Waals surface area contributed by atoms with E-state index >= 15 is 0 Å². The third-order valence-electron chi connectivity index (χ3n) is 3.67. The maximum absolute atomic E-state index is 13.8. The number of rotatable bonds is 8. The van der Waals surface area contributed by atoms with E-state index in [4.69, 9.17) is 28.3 Å². The minimum Gasteiger partial charge on any atom is -0.481 e. The van der Waals surface area contributed by atoms with Crippen LogP contribution in [0.5, 0.6) is 0 Å². The van der Waals surface area contributed by atoms with Crippen molar-refractivity contribution < 1.29 is 19.3 Å². The molecule has 0 saturated carbocycles. The Morgan fingerprint density at radius 1 is 0.885 bits per heavy atom. The van der Waals surface area contributed by atoms with E-state index in [1.165, 1.54) is 0 Å². The summed E-state index contributed by atoms with van der Waals surface area (Å²) in [6, 6.07) is 13.5. The fraction of sp³-hybridized carbons (Fsp3) is 0.222. The monoisotopic (exact) mass is 430 g/mol. The van der Waals surface area contributed by atoms with Crippen molar-refractivity contribution in [2.75, 3.05) is 5.49 Å². The topological polar surface area (TPSA) is 71.4 Å². The molecule has 4 nitrogen and oxygen atoms in total. The van der Waals surface area contributed by atoms with Crippen LogP contribution < -0.4 is 10.6 Å². The van der Waals surface area contributed by atoms with Gasteiger partial charge in [0.05, 0.1) is 5.49 Å². The summed E-state index contributed by atoms with van der Waals surface area (Å²) < 4.78 is 13.8. The summed E-state index contributed by atoms with van der Waals surface area (Å²) in [6.45, 7) is 0. The molecule has 0 unspecified atom stereocenters. The zero-order chi connectivity index (χ0) is 19.2. The number of thioether (sulfide) groups is 1. The van der Waals surface area contributed by atoms with E-state index in [-0.39, 0.29) is 29.9 Å². The third kappa shape index (κ3) is 5.88. The van der Waals surface area contributed by atoms with E-state index < -0.39 is 13.1 Å². The number of aliphatic carboxylic acids is 1. The summed E-state index contributed by atoms with van der Waals surface area (Å²) in [5.74, 6) is -0.934. The first kappa shape index (κ1) is 21.0. The molecule has 0 aliphatic heterocycles. The second kappa shape index (κ2) is 9.61. The molecule has 0 bridgehead atoms. The number of hydrogen-bond acceptors (Lipinski definition) is 4. The fourth-order valence-corrected chi connectivity index (χ4v) is 6.88. The number of halogens is 2. The molecule has 2 rings (SSSR count). The molecule has 8 heteroatoms. The van der Waals surface area contributed by atoms with Gasteiger partial charge in [-0.05, 0) is 55.0 Å². The third-order valence-corrected chi connectivity index (χ3v) is 8.93. The van der Waals surface area contributed by atoms with Gasteiger partial charge in [0.25, 0.3) is 0 Å². The molecule has 0 radical (unpaired) electrons. The molecule has 2 aromatic carbocycles. The number of carboxylic acid groups (broad SMARTS) is 1. The second-order valence-electron chi connectivity index (χ2n) is 5.59. The van der Waals surface area contributed by atoms with Gasteiger partial charge in [-0.25, -0.2) is 0 Å². The minimum absolute atomic E-state index is 0.0572. The second-order valence-corrected chi connectivity index (χ2v) is 10.7. The van der Waals surface area contributed by atoms with Gasteiger partial charge < -0.3 is 9.67 Å². The largest absolute Gasteiger partial charge is 0.481 e. The van der Waals surface area contributed by atoms with Gasteiger partial charge in [-0.2, -0.15) is 0 Å². The quantitative estimate of drug-likeness (QED) is 0.610. The van der Waals surface area contributed by atoms with Gasteiger partial charge in [-0.15, -0.1) is 0 Å². The van der Waals surface area contributed by atoms with E-state index in [0.29, 0.717) is 20.7 Å². The Hall–Kier alpha value is -1.26. The molecule has 0 aliphatic rings. The zero-order valence-corrected chi connectivity index (χ0v) is 17.0. The molecule has 26 heavy (non-hydrogen) atoms. The number of carbonyl (C=O) groups is 2. The van der Waals surface area contributed by atoms with Crippen LogP contribution in [0.4, 0.5) is 0 Å². The van der Waals surface area contributed by atoms with Crippen LogP contribution in [0.25, 0.3) is 0 Å². The van der Waals surface area contributed by atoms with Crippen LogP contribution in [0, 0.1) is 0 Å². The van der Waals surface area contributed by atoms with E-state index in [1.807, 2.05) is 0 Å². The molecule has 0 atom stereocenters. The lowest BCUT2D eigenvalue weighted by Gasteiger charge is -2.19. The first-order chi connectivity index (χ1) is 12.3.